The number of ether oxygens (including phenoxy) is 2. The van der Waals surface area contributed by atoms with Crippen LogP contribution in [0.15, 0.2) is 64.4 Å². The van der Waals surface area contributed by atoms with Crippen molar-refractivity contribution in [1.29, 1.82) is 0 Å². The number of nitrogens with zero attached hydrogens (tertiary/aromatic N) is 1. The lowest BCUT2D eigenvalue weighted by molar-refractivity contribution is -0.159. The summed E-state index contributed by atoms with van der Waals surface area (Å²) in [6.45, 7) is 10.4. The van der Waals surface area contributed by atoms with Gasteiger partial charge in [-0.15, -0.1) is 0 Å². The Morgan fingerprint density at radius 3 is 2.38 bits per heavy atom. The highest BCUT2D eigenvalue weighted by molar-refractivity contribution is 6.09. The van der Waals surface area contributed by atoms with Gasteiger partial charge in [0.15, 0.2) is 0 Å². The van der Waals surface area contributed by atoms with Gasteiger partial charge in [0, 0.05) is 25.2 Å². The van der Waals surface area contributed by atoms with Crippen molar-refractivity contribution in [3.63, 3.8) is 0 Å². The number of hydrogen-bond acceptors (Lipinski definition) is 5. The SMILES string of the molecule is C=C(/C=C(C)/C(C)=C/C(O)=C(\C=NCCC)C(=O)O)c1cc(OC(C)(F)F)ccc1OC. The van der Waals surface area contributed by atoms with Crippen molar-refractivity contribution < 1.29 is 33.3 Å². The largest absolute Gasteiger partial charge is 0.507 e. The fourth-order valence-corrected chi connectivity index (χ4v) is 2.57. The molecule has 0 aliphatic heterocycles. The number of methoxy groups -OCH3 is 1. The van der Waals surface area contributed by atoms with Crippen molar-refractivity contribution in [2.45, 2.75) is 40.2 Å². The molecule has 0 aliphatic carbocycles. The van der Waals surface area contributed by atoms with Crippen LogP contribution in [0.3, 0.4) is 0 Å². The van der Waals surface area contributed by atoms with Gasteiger partial charge in [0.05, 0.1) is 7.11 Å². The molecule has 0 bridgehead atoms. The Kier molecular flexibility index (Phi) is 9.84. The fourth-order valence-electron chi connectivity index (χ4n) is 2.57. The normalized spacial score (nSPS) is 13.7. The van der Waals surface area contributed by atoms with Crippen LogP contribution in [0.4, 0.5) is 8.78 Å². The number of aliphatic imine (C=N–C) groups is 1. The molecule has 0 atom stereocenters. The van der Waals surface area contributed by atoms with E-state index in [0.29, 0.717) is 41.5 Å². The summed E-state index contributed by atoms with van der Waals surface area (Å²) >= 11 is 0. The minimum Gasteiger partial charge on any atom is -0.507 e. The van der Waals surface area contributed by atoms with Gasteiger partial charge in [0.25, 0.3) is 0 Å². The number of carboxylic acids is 1. The molecule has 0 aromatic heterocycles. The highest BCUT2D eigenvalue weighted by Crippen LogP contribution is 2.33. The van der Waals surface area contributed by atoms with E-state index in [1.54, 1.807) is 19.9 Å². The van der Waals surface area contributed by atoms with Crippen LogP contribution in [0, 0.1) is 0 Å². The lowest BCUT2D eigenvalue weighted by Crippen LogP contribution is -2.19. The Morgan fingerprint density at radius 2 is 1.84 bits per heavy atom. The fraction of sp³-hybridized carbons (Fsp3) is 0.333. The summed E-state index contributed by atoms with van der Waals surface area (Å²) in [5.74, 6) is -1.38. The number of hydrogen-bond donors (Lipinski definition) is 2. The van der Waals surface area contributed by atoms with Crippen molar-refractivity contribution >= 4 is 17.8 Å². The third kappa shape index (κ3) is 8.37. The highest BCUT2D eigenvalue weighted by Gasteiger charge is 2.23. The molecule has 0 radical (unpaired) electrons. The van der Waals surface area contributed by atoms with Crippen LogP contribution in [-0.2, 0) is 4.79 Å². The number of alkyl halides is 2. The maximum Gasteiger partial charge on any atom is 0.394 e. The molecule has 174 valence electrons. The molecular weight excluding hydrogens is 420 g/mol. The van der Waals surface area contributed by atoms with E-state index < -0.39 is 17.8 Å². The van der Waals surface area contributed by atoms with Crippen LogP contribution in [0.2, 0.25) is 0 Å². The van der Waals surface area contributed by atoms with Crippen LogP contribution < -0.4 is 9.47 Å². The van der Waals surface area contributed by atoms with Crippen LogP contribution in [0.25, 0.3) is 5.57 Å². The molecule has 0 spiro atoms. The van der Waals surface area contributed by atoms with Gasteiger partial charge >= 0.3 is 12.1 Å². The van der Waals surface area contributed by atoms with E-state index in [1.807, 2.05) is 6.92 Å². The van der Waals surface area contributed by atoms with Gasteiger partial charge in [-0.2, -0.15) is 8.78 Å². The molecular formula is C24H29F2NO5. The molecule has 0 saturated carbocycles. The van der Waals surface area contributed by atoms with E-state index in [-0.39, 0.29) is 11.3 Å². The Labute approximate surface area is 186 Å². The molecule has 6 nitrogen and oxygen atoms in total. The predicted octanol–water partition coefficient (Wildman–Crippen LogP) is 5.97. The van der Waals surface area contributed by atoms with Gasteiger partial charge in [-0.05, 0) is 61.3 Å². The number of carbonyl (C=O) groups is 1. The third-order valence-electron chi connectivity index (χ3n) is 4.26. The number of benzene rings is 1. The number of aliphatic hydroxyl groups is 1. The van der Waals surface area contributed by atoms with Crippen molar-refractivity contribution in [2.24, 2.45) is 4.99 Å². The molecule has 8 heteroatoms. The van der Waals surface area contributed by atoms with E-state index in [1.165, 1.54) is 31.4 Å². The number of allylic oxidation sites excluding steroid dienone is 5. The quantitative estimate of drug-likeness (QED) is 0.188. The zero-order valence-corrected chi connectivity index (χ0v) is 18.9. The second-order valence-corrected chi connectivity index (χ2v) is 7.09. The maximum absolute atomic E-state index is 13.2. The number of aliphatic hydroxyl groups excluding tert-OH is 1. The minimum atomic E-state index is -3.34. The van der Waals surface area contributed by atoms with Crippen molar-refractivity contribution in [1.82, 2.24) is 0 Å². The number of halogens is 2. The minimum absolute atomic E-state index is 0.0502. The molecule has 0 heterocycles. The average Bonchev–Trinajstić information content (AvgIpc) is 2.69. The molecule has 0 aliphatic rings. The number of aliphatic carboxylic acids is 1. The van der Waals surface area contributed by atoms with Crippen molar-refractivity contribution in [3.8, 4) is 11.5 Å². The van der Waals surface area contributed by atoms with Gasteiger partial charge in [-0.25, -0.2) is 4.79 Å². The topological polar surface area (TPSA) is 88.4 Å². The Balaban J connectivity index is 3.28. The summed E-state index contributed by atoms with van der Waals surface area (Å²) in [4.78, 5) is 15.4. The average molecular weight is 449 g/mol. The van der Waals surface area contributed by atoms with Gasteiger partial charge < -0.3 is 19.7 Å². The molecule has 0 fully saturated rings. The second-order valence-electron chi connectivity index (χ2n) is 7.09. The van der Waals surface area contributed by atoms with Crippen molar-refractivity contribution in [3.05, 3.63) is 65.0 Å². The van der Waals surface area contributed by atoms with Crippen LogP contribution in [0.1, 0.15) is 39.7 Å². The summed E-state index contributed by atoms with van der Waals surface area (Å²) < 4.78 is 36.3. The van der Waals surface area contributed by atoms with E-state index in [4.69, 9.17) is 4.74 Å². The number of rotatable bonds is 11. The van der Waals surface area contributed by atoms with Gasteiger partial charge in [-0.3, -0.25) is 4.99 Å². The summed E-state index contributed by atoms with van der Waals surface area (Å²) in [5, 5.41) is 19.6. The van der Waals surface area contributed by atoms with E-state index in [2.05, 4.69) is 16.3 Å². The summed E-state index contributed by atoms with van der Waals surface area (Å²) in [6.07, 6.45) is 1.51. The molecule has 1 aromatic rings. The van der Waals surface area contributed by atoms with E-state index >= 15 is 0 Å². The standard InChI is InChI=1S/C24H29F2NO5/c1-7-10-27-14-20(23(29)30)21(28)12-16(3)15(2)11-17(4)19-13-18(32-24(5,25)26)8-9-22(19)31-6/h8-9,11-14,28H,4,7,10H2,1-3,5-6H3,(H,29,30)/b15-11+,16-12+,21-20-,27-14?. The zero-order chi connectivity index (χ0) is 24.5. The Hall–Kier alpha value is -3.42. The highest BCUT2D eigenvalue weighted by atomic mass is 19.3. The van der Waals surface area contributed by atoms with Gasteiger partial charge in [0.2, 0.25) is 0 Å². The Bertz CT molecular complexity index is 969. The molecule has 0 amide bonds. The van der Waals surface area contributed by atoms with Crippen molar-refractivity contribution in [2.75, 3.05) is 13.7 Å². The van der Waals surface area contributed by atoms with Crippen LogP contribution in [-0.4, -0.2) is 42.2 Å². The summed E-state index contributed by atoms with van der Waals surface area (Å²) in [5.41, 5.74) is 1.79. The first-order valence-electron chi connectivity index (χ1n) is 9.87. The van der Waals surface area contributed by atoms with Crippen LogP contribution >= 0.6 is 0 Å². The maximum atomic E-state index is 13.2. The predicted molar refractivity (Wildman–Crippen MR) is 122 cm³/mol. The second kappa shape index (κ2) is 11.8. The van der Waals surface area contributed by atoms with Crippen LogP contribution in [0.5, 0.6) is 11.5 Å². The molecule has 1 rings (SSSR count). The molecule has 2 N–H and O–H groups in total. The zero-order valence-electron chi connectivity index (χ0n) is 18.9. The first kappa shape index (κ1) is 26.6. The van der Waals surface area contributed by atoms with Gasteiger partial charge in [0.1, 0.15) is 22.8 Å². The van der Waals surface area contributed by atoms with E-state index in [9.17, 15) is 23.8 Å². The molecule has 0 saturated heterocycles. The number of carboxylic acid groups (broad SMARTS) is 1. The summed E-state index contributed by atoms with van der Waals surface area (Å²) in [6, 6.07) is 4.26. The third-order valence-corrected chi connectivity index (χ3v) is 4.26. The monoisotopic (exact) mass is 449 g/mol. The summed E-state index contributed by atoms with van der Waals surface area (Å²) in [7, 11) is 1.44. The molecule has 32 heavy (non-hydrogen) atoms. The van der Waals surface area contributed by atoms with E-state index in [0.717, 1.165) is 12.6 Å². The Morgan fingerprint density at radius 1 is 1.22 bits per heavy atom. The molecule has 0 unspecified atom stereocenters. The van der Waals surface area contributed by atoms with Gasteiger partial charge in [-0.1, -0.05) is 19.6 Å². The first-order chi connectivity index (χ1) is 14.9. The lowest BCUT2D eigenvalue weighted by Gasteiger charge is -2.16. The molecule has 1 aromatic carbocycles. The lowest BCUT2D eigenvalue weighted by atomic mass is 10.00. The smallest absolute Gasteiger partial charge is 0.394 e. The first-order valence-corrected chi connectivity index (χ1v) is 9.87.